The molecule has 0 aromatic heterocycles. The Morgan fingerprint density at radius 1 is 1.62 bits per heavy atom. The van der Waals surface area contributed by atoms with Crippen molar-refractivity contribution in [2.75, 3.05) is 13.6 Å². The minimum Gasteiger partial charge on any atom is -0.368 e. The van der Waals surface area contributed by atoms with Crippen LogP contribution >= 0.6 is 0 Å². The van der Waals surface area contributed by atoms with E-state index in [0.29, 0.717) is 12.1 Å². The molecule has 4 heteroatoms. The molecule has 0 bridgehead atoms. The highest BCUT2D eigenvalue weighted by atomic mass is 16.1. The monoisotopic (exact) mass is 227 g/mol. The Kier molecular flexibility index (Phi) is 4.33. The summed E-state index contributed by atoms with van der Waals surface area (Å²) in [5, 5.41) is 3.20. The van der Waals surface area contributed by atoms with Gasteiger partial charge in [-0.15, -0.1) is 0 Å². The van der Waals surface area contributed by atoms with Gasteiger partial charge in [-0.2, -0.15) is 0 Å². The molecule has 0 spiro atoms. The van der Waals surface area contributed by atoms with Crippen molar-refractivity contribution < 1.29 is 4.79 Å². The summed E-state index contributed by atoms with van der Waals surface area (Å²) in [4.78, 5) is 13.9. The fourth-order valence-electron chi connectivity index (χ4n) is 2.23. The maximum atomic E-state index is 11.5. The Bertz CT molecular complexity index is 253. The van der Waals surface area contributed by atoms with Crippen molar-refractivity contribution >= 4 is 5.91 Å². The van der Waals surface area contributed by atoms with Crippen molar-refractivity contribution in [2.45, 2.75) is 57.7 Å². The molecule has 0 aromatic carbocycles. The third-order valence-electron chi connectivity index (χ3n) is 3.63. The summed E-state index contributed by atoms with van der Waals surface area (Å²) < 4.78 is 0. The zero-order chi connectivity index (χ0) is 12.3. The highest BCUT2D eigenvalue weighted by Crippen LogP contribution is 2.29. The predicted molar refractivity (Wildman–Crippen MR) is 66.1 cm³/mol. The number of carbonyl (C=O) groups excluding carboxylic acids is 1. The van der Waals surface area contributed by atoms with Crippen LogP contribution in [0.2, 0.25) is 0 Å². The van der Waals surface area contributed by atoms with Gasteiger partial charge in [-0.25, -0.2) is 0 Å². The number of nitrogens with zero attached hydrogens (tertiary/aromatic N) is 1. The lowest BCUT2D eigenvalue weighted by molar-refractivity contribution is -0.124. The Morgan fingerprint density at radius 3 is 2.56 bits per heavy atom. The smallest absolute Gasteiger partial charge is 0.237 e. The molecule has 1 fully saturated rings. The number of carbonyl (C=O) groups is 1. The minimum atomic E-state index is -0.586. The molecule has 3 N–H and O–H groups in total. The largest absolute Gasteiger partial charge is 0.368 e. The van der Waals surface area contributed by atoms with E-state index in [9.17, 15) is 4.79 Å². The molecule has 4 nitrogen and oxygen atoms in total. The van der Waals surface area contributed by atoms with Gasteiger partial charge in [-0.1, -0.05) is 6.92 Å². The average Bonchev–Trinajstić information content (AvgIpc) is 2.99. The molecule has 0 aliphatic heterocycles. The van der Waals surface area contributed by atoms with Crippen LogP contribution in [0, 0.1) is 0 Å². The first-order chi connectivity index (χ1) is 7.40. The van der Waals surface area contributed by atoms with Crippen molar-refractivity contribution in [3.63, 3.8) is 0 Å². The van der Waals surface area contributed by atoms with Gasteiger partial charge in [0, 0.05) is 12.1 Å². The van der Waals surface area contributed by atoms with Crippen molar-refractivity contribution in [3.05, 3.63) is 0 Å². The van der Waals surface area contributed by atoms with Gasteiger partial charge in [0.1, 0.15) is 0 Å². The highest BCUT2D eigenvalue weighted by molar-refractivity contribution is 5.84. The third-order valence-corrected chi connectivity index (χ3v) is 3.63. The molecule has 16 heavy (non-hydrogen) atoms. The molecule has 0 aromatic rings. The van der Waals surface area contributed by atoms with E-state index in [1.54, 1.807) is 0 Å². The van der Waals surface area contributed by atoms with Crippen LogP contribution in [-0.2, 0) is 4.79 Å². The number of nitrogens with two attached hydrogens (primary N) is 1. The van der Waals surface area contributed by atoms with Crippen molar-refractivity contribution in [1.82, 2.24) is 10.2 Å². The first kappa shape index (κ1) is 13.5. The summed E-state index contributed by atoms with van der Waals surface area (Å²) >= 11 is 0. The van der Waals surface area contributed by atoms with Gasteiger partial charge in [0.05, 0.1) is 5.54 Å². The molecule has 2 atom stereocenters. The maximum Gasteiger partial charge on any atom is 0.237 e. The highest BCUT2D eigenvalue weighted by Gasteiger charge is 2.36. The van der Waals surface area contributed by atoms with Gasteiger partial charge in [-0.05, 0) is 46.7 Å². The summed E-state index contributed by atoms with van der Waals surface area (Å²) in [6, 6.07) is 1.10. The fraction of sp³-hybridized carbons (Fsp3) is 0.917. The van der Waals surface area contributed by atoms with Crippen LogP contribution in [0.3, 0.4) is 0 Å². The van der Waals surface area contributed by atoms with Gasteiger partial charge in [0.2, 0.25) is 5.91 Å². The minimum absolute atomic E-state index is 0.259. The first-order valence-corrected chi connectivity index (χ1v) is 6.17. The molecule has 1 aliphatic carbocycles. The van der Waals surface area contributed by atoms with E-state index in [1.165, 1.54) is 12.8 Å². The Balaban J connectivity index is 2.56. The van der Waals surface area contributed by atoms with Gasteiger partial charge >= 0.3 is 0 Å². The number of rotatable bonds is 7. The Labute approximate surface area is 98.6 Å². The molecule has 94 valence electrons. The van der Waals surface area contributed by atoms with E-state index < -0.39 is 5.54 Å². The fourth-order valence-corrected chi connectivity index (χ4v) is 2.23. The van der Waals surface area contributed by atoms with E-state index >= 15 is 0 Å². The Hall–Kier alpha value is -0.610. The number of hydrogen-bond donors (Lipinski definition) is 2. The first-order valence-electron chi connectivity index (χ1n) is 6.17. The summed E-state index contributed by atoms with van der Waals surface area (Å²) in [5.74, 6) is -0.259. The molecule has 0 heterocycles. The number of amides is 1. The standard InChI is InChI=1S/C12H25N3O/c1-5-14-12(3,11(13)16)8-9(2)15(4)10-6-7-10/h9-10,14H,5-8H2,1-4H3,(H2,13,16). The lowest BCUT2D eigenvalue weighted by atomic mass is 9.92. The van der Waals surface area contributed by atoms with E-state index in [0.717, 1.165) is 13.0 Å². The third kappa shape index (κ3) is 3.19. The van der Waals surface area contributed by atoms with E-state index in [4.69, 9.17) is 5.73 Å². The second kappa shape index (κ2) is 5.15. The molecular formula is C12H25N3O. The Morgan fingerprint density at radius 2 is 2.19 bits per heavy atom. The van der Waals surface area contributed by atoms with Gasteiger partial charge in [-0.3, -0.25) is 4.79 Å². The zero-order valence-corrected chi connectivity index (χ0v) is 10.9. The zero-order valence-electron chi connectivity index (χ0n) is 10.9. The SMILES string of the molecule is CCNC(C)(CC(C)N(C)C1CC1)C(N)=O. The van der Waals surface area contributed by atoms with E-state index in [-0.39, 0.29) is 5.91 Å². The van der Waals surface area contributed by atoms with Crippen LogP contribution in [-0.4, -0.2) is 42.0 Å². The maximum absolute atomic E-state index is 11.5. The summed E-state index contributed by atoms with van der Waals surface area (Å²) in [6.07, 6.45) is 3.34. The van der Waals surface area contributed by atoms with Crippen LogP contribution in [0.1, 0.15) is 40.0 Å². The van der Waals surface area contributed by atoms with E-state index in [1.807, 2.05) is 13.8 Å². The molecule has 1 rings (SSSR count). The molecule has 1 aliphatic rings. The van der Waals surface area contributed by atoms with Crippen LogP contribution in [0.4, 0.5) is 0 Å². The second-order valence-corrected chi connectivity index (χ2v) is 5.18. The summed E-state index contributed by atoms with van der Waals surface area (Å²) in [5.41, 5.74) is 4.89. The number of likely N-dealkylation sites (N-methyl/N-ethyl adjacent to an activating group) is 1. The van der Waals surface area contributed by atoms with Crippen LogP contribution in [0.5, 0.6) is 0 Å². The van der Waals surface area contributed by atoms with E-state index in [2.05, 4.69) is 24.2 Å². The molecule has 0 saturated heterocycles. The lowest BCUT2D eigenvalue weighted by Crippen LogP contribution is -2.56. The molecule has 2 unspecified atom stereocenters. The summed E-state index contributed by atoms with van der Waals surface area (Å²) in [7, 11) is 2.13. The van der Waals surface area contributed by atoms with Crippen molar-refractivity contribution in [2.24, 2.45) is 5.73 Å². The number of primary amides is 1. The normalized spacial score (nSPS) is 21.8. The number of hydrogen-bond acceptors (Lipinski definition) is 3. The van der Waals surface area contributed by atoms with Gasteiger partial charge < -0.3 is 16.0 Å². The van der Waals surface area contributed by atoms with Crippen molar-refractivity contribution in [3.8, 4) is 0 Å². The average molecular weight is 227 g/mol. The van der Waals surface area contributed by atoms with Crippen molar-refractivity contribution in [1.29, 1.82) is 0 Å². The molecule has 1 saturated carbocycles. The molecule has 0 radical (unpaired) electrons. The van der Waals surface area contributed by atoms with Gasteiger partial charge in [0.25, 0.3) is 0 Å². The molecule has 1 amide bonds. The molecular weight excluding hydrogens is 202 g/mol. The number of nitrogens with one attached hydrogen (secondary N) is 1. The second-order valence-electron chi connectivity index (χ2n) is 5.18. The lowest BCUT2D eigenvalue weighted by Gasteiger charge is -2.34. The summed E-state index contributed by atoms with van der Waals surface area (Å²) in [6.45, 7) is 6.82. The quantitative estimate of drug-likeness (QED) is 0.673. The van der Waals surface area contributed by atoms with Crippen LogP contribution in [0.15, 0.2) is 0 Å². The van der Waals surface area contributed by atoms with Crippen LogP contribution < -0.4 is 11.1 Å². The topological polar surface area (TPSA) is 58.4 Å². The predicted octanol–water partition coefficient (Wildman–Crippen LogP) is 0.713. The van der Waals surface area contributed by atoms with Gasteiger partial charge in [0.15, 0.2) is 0 Å². The van der Waals surface area contributed by atoms with Crippen LogP contribution in [0.25, 0.3) is 0 Å².